The van der Waals surface area contributed by atoms with E-state index in [4.69, 9.17) is 0 Å². The molecule has 0 aliphatic carbocycles. The van der Waals surface area contributed by atoms with Crippen molar-refractivity contribution in [2.24, 2.45) is 0 Å². The topological polar surface area (TPSA) is 90.1 Å². The summed E-state index contributed by atoms with van der Waals surface area (Å²) in [6.07, 6.45) is 2.40. The number of hydrogen-bond donors (Lipinski definition) is 1. The normalized spacial score (nSPS) is 10.4. The van der Waals surface area contributed by atoms with E-state index in [1.54, 1.807) is 24.4 Å². The number of amides is 1. The van der Waals surface area contributed by atoms with E-state index in [-0.39, 0.29) is 17.3 Å². The van der Waals surface area contributed by atoms with Crippen LogP contribution in [0.2, 0.25) is 0 Å². The summed E-state index contributed by atoms with van der Waals surface area (Å²) in [5.41, 5.74) is 2.50. The molecule has 0 unspecified atom stereocenters. The van der Waals surface area contributed by atoms with Gasteiger partial charge in [-0.15, -0.1) is 0 Å². The predicted molar refractivity (Wildman–Crippen MR) is 94.0 cm³/mol. The fourth-order valence-electron chi connectivity index (χ4n) is 2.47. The van der Waals surface area contributed by atoms with E-state index in [2.05, 4.69) is 10.4 Å². The smallest absolute Gasteiger partial charge is 0.276 e. The number of nitrogens with one attached hydrogen (secondary N) is 1. The minimum absolute atomic E-state index is 0.0316. The first-order valence-corrected chi connectivity index (χ1v) is 7.78. The Bertz CT molecular complexity index is 933. The number of nitro benzene ring substituents is 1. The largest absolute Gasteiger partial charge is 0.320 e. The number of carbonyl (C=O) groups excluding carboxylic acids is 1. The Morgan fingerprint density at radius 2 is 2.00 bits per heavy atom. The first-order valence-electron chi connectivity index (χ1n) is 7.78. The molecule has 0 aliphatic rings. The predicted octanol–water partition coefficient (Wildman–Crippen LogP) is 3.60. The van der Waals surface area contributed by atoms with E-state index in [1.165, 1.54) is 16.8 Å². The van der Waals surface area contributed by atoms with Crippen molar-refractivity contribution < 1.29 is 9.72 Å². The first-order chi connectivity index (χ1) is 12.1. The molecule has 2 aromatic carbocycles. The second-order valence-electron chi connectivity index (χ2n) is 5.39. The van der Waals surface area contributed by atoms with Crippen LogP contribution in [0.4, 0.5) is 11.4 Å². The molecule has 0 bridgehead atoms. The Morgan fingerprint density at radius 1 is 1.20 bits per heavy atom. The highest BCUT2D eigenvalue weighted by molar-refractivity contribution is 6.03. The third-order valence-corrected chi connectivity index (χ3v) is 3.77. The van der Waals surface area contributed by atoms with Crippen LogP contribution < -0.4 is 5.32 Å². The lowest BCUT2D eigenvalue weighted by atomic mass is 10.1. The fraction of sp³-hybridized carbons (Fsp3) is 0.111. The summed E-state index contributed by atoms with van der Waals surface area (Å²) >= 11 is 0. The SMILES string of the molecule is CCc1ccccc1NC(=O)c1ccn(-c2cccc([N+](=O)[O-])c2)n1. The molecule has 1 heterocycles. The molecule has 0 aliphatic heterocycles. The van der Waals surface area contributed by atoms with Crippen LogP contribution in [-0.2, 0) is 6.42 Å². The van der Waals surface area contributed by atoms with Crippen molar-refractivity contribution in [2.75, 3.05) is 5.32 Å². The number of anilines is 1. The highest BCUT2D eigenvalue weighted by atomic mass is 16.6. The van der Waals surface area contributed by atoms with E-state index in [1.807, 2.05) is 31.2 Å². The average Bonchev–Trinajstić information content (AvgIpc) is 3.12. The van der Waals surface area contributed by atoms with Gasteiger partial charge in [0, 0.05) is 24.0 Å². The van der Waals surface area contributed by atoms with Gasteiger partial charge in [0.25, 0.3) is 11.6 Å². The van der Waals surface area contributed by atoms with Crippen LogP contribution in [0.25, 0.3) is 5.69 Å². The average molecular weight is 336 g/mol. The molecule has 7 nitrogen and oxygen atoms in total. The van der Waals surface area contributed by atoms with Gasteiger partial charge in [0.2, 0.25) is 0 Å². The lowest BCUT2D eigenvalue weighted by Gasteiger charge is -2.08. The number of carbonyl (C=O) groups is 1. The number of aryl methyl sites for hydroxylation is 1. The Hall–Kier alpha value is -3.48. The third-order valence-electron chi connectivity index (χ3n) is 3.77. The number of non-ortho nitro benzene ring substituents is 1. The number of rotatable bonds is 5. The van der Waals surface area contributed by atoms with E-state index < -0.39 is 4.92 Å². The van der Waals surface area contributed by atoms with E-state index >= 15 is 0 Å². The van der Waals surface area contributed by atoms with Crippen molar-refractivity contribution >= 4 is 17.3 Å². The minimum atomic E-state index is -0.470. The zero-order valence-corrected chi connectivity index (χ0v) is 13.5. The Labute approximate surface area is 144 Å². The summed E-state index contributed by atoms with van der Waals surface area (Å²) in [7, 11) is 0. The highest BCUT2D eigenvalue weighted by Gasteiger charge is 2.13. The molecule has 1 amide bonds. The summed E-state index contributed by atoms with van der Waals surface area (Å²) in [5, 5.41) is 17.9. The van der Waals surface area contributed by atoms with Crippen LogP contribution in [0.1, 0.15) is 23.0 Å². The van der Waals surface area contributed by atoms with Gasteiger partial charge < -0.3 is 5.32 Å². The molecular formula is C18H16N4O3. The molecular weight excluding hydrogens is 320 g/mol. The van der Waals surface area contributed by atoms with Crippen LogP contribution in [0.3, 0.4) is 0 Å². The molecule has 126 valence electrons. The van der Waals surface area contributed by atoms with Crippen LogP contribution in [0.5, 0.6) is 0 Å². The maximum absolute atomic E-state index is 12.4. The molecule has 3 aromatic rings. The minimum Gasteiger partial charge on any atom is -0.320 e. The molecule has 0 atom stereocenters. The van der Waals surface area contributed by atoms with Crippen LogP contribution in [0, 0.1) is 10.1 Å². The standard InChI is InChI=1S/C18H16N4O3/c1-2-13-6-3-4-9-16(13)19-18(23)17-10-11-21(20-17)14-7-5-8-15(12-14)22(24)25/h3-12H,2H2,1H3,(H,19,23). The van der Waals surface area contributed by atoms with Crippen molar-refractivity contribution in [1.29, 1.82) is 0 Å². The highest BCUT2D eigenvalue weighted by Crippen LogP contribution is 2.18. The lowest BCUT2D eigenvalue weighted by molar-refractivity contribution is -0.384. The van der Waals surface area contributed by atoms with Crippen LogP contribution in [-0.4, -0.2) is 20.6 Å². The van der Waals surface area contributed by atoms with Crippen LogP contribution in [0.15, 0.2) is 60.8 Å². The van der Waals surface area contributed by atoms with E-state index in [9.17, 15) is 14.9 Å². The quantitative estimate of drug-likeness (QED) is 0.569. The van der Waals surface area contributed by atoms with Gasteiger partial charge in [0.15, 0.2) is 5.69 Å². The Balaban J connectivity index is 1.82. The van der Waals surface area contributed by atoms with Gasteiger partial charge >= 0.3 is 0 Å². The van der Waals surface area contributed by atoms with Gasteiger partial charge in [0.1, 0.15) is 0 Å². The van der Waals surface area contributed by atoms with Crippen LogP contribution >= 0.6 is 0 Å². The van der Waals surface area contributed by atoms with Crippen molar-refractivity contribution in [3.8, 4) is 5.69 Å². The van der Waals surface area contributed by atoms with Gasteiger partial charge in [-0.3, -0.25) is 14.9 Å². The van der Waals surface area contributed by atoms with Gasteiger partial charge in [-0.2, -0.15) is 5.10 Å². The summed E-state index contributed by atoms with van der Waals surface area (Å²) in [5.74, 6) is -0.329. The summed E-state index contributed by atoms with van der Waals surface area (Å²) < 4.78 is 1.44. The Kier molecular flexibility index (Phi) is 4.56. The molecule has 3 rings (SSSR count). The Morgan fingerprint density at radius 3 is 2.76 bits per heavy atom. The molecule has 0 saturated carbocycles. The molecule has 1 aromatic heterocycles. The maximum atomic E-state index is 12.4. The third kappa shape index (κ3) is 3.55. The summed E-state index contributed by atoms with van der Waals surface area (Å²) in [6, 6.07) is 15.2. The molecule has 7 heteroatoms. The van der Waals surface area contributed by atoms with Gasteiger partial charge in [0.05, 0.1) is 10.6 Å². The number of benzene rings is 2. The fourth-order valence-corrected chi connectivity index (χ4v) is 2.47. The maximum Gasteiger partial charge on any atom is 0.276 e. The number of nitro groups is 1. The lowest BCUT2D eigenvalue weighted by Crippen LogP contribution is -2.14. The van der Waals surface area contributed by atoms with Gasteiger partial charge in [-0.1, -0.05) is 31.2 Å². The summed E-state index contributed by atoms with van der Waals surface area (Å²) in [4.78, 5) is 22.8. The zero-order valence-electron chi connectivity index (χ0n) is 13.5. The van der Waals surface area contributed by atoms with Crippen molar-refractivity contribution in [1.82, 2.24) is 9.78 Å². The van der Waals surface area contributed by atoms with Crippen molar-refractivity contribution in [3.63, 3.8) is 0 Å². The molecule has 25 heavy (non-hydrogen) atoms. The number of para-hydroxylation sites is 1. The second kappa shape index (κ2) is 6.96. The molecule has 0 spiro atoms. The van der Waals surface area contributed by atoms with E-state index in [0.717, 1.165) is 17.7 Å². The molecule has 0 saturated heterocycles. The molecule has 1 N–H and O–H groups in total. The van der Waals surface area contributed by atoms with E-state index in [0.29, 0.717) is 5.69 Å². The number of nitrogens with zero attached hydrogens (tertiary/aromatic N) is 3. The molecule has 0 fully saturated rings. The van der Waals surface area contributed by atoms with Gasteiger partial charge in [-0.05, 0) is 30.2 Å². The van der Waals surface area contributed by atoms with Crippen molar-refractivity contribution in [2.45, 2.75) is 13.3 Å². The second-order valence-corrected chi connectivity index (χ2v) is 5.39. The number of hydrogen-bond acceptors (Lipinski definition) is 4. The zero-order chi connectivity index (χ0) is 17.8. The monoisotopic (exact) mass is 336 g/mol. The first kappa shape index (κ1) is 16.4. The van der Waals surface area contributed by atoms with Crippen molar-refractivity contribution in [3.05, 3.63) is 82.2 Å². The van der Waals surface area contributed by atoms with Gasteiger partial charge in [-0.25, -0.2) is 4.68 Å². The number of aromatic nitrogens is 2. The summed E-state index contributed by atoms with van der Waals surface area (Å²) in [6.45, 7) is 2.02. The molecule has 0 radical (unpaired) electrons.